The highest BCUT2D eigenvalue weighted by Crippen LogP contribution is 2.39. The quantitative estimate of drug-likeness (QED) is 0.500. The van der Waals surface area contributed by atoms with Crippen LogP contribution in [0.5, 0.6) is 0 Å². The number of rotatable bonds is 7. The summed E-state index contributed by atoms with van der Waals surface area (Å²) < 4.78 is 4.31. The van der Waals surface area contributed by atoms with Gasteiger partial charge in [-0.3, -0.25) is 0 Å². The summed E-state index contributed by atoms with van der Waals surface area (Å²) in [7, 11) is 0. The standard InChI is InChI=1S/C14H19BrS2/c1-2-3-4-5-6-7-8-11-13-12(9-10-16-13)17-14(11)15/h9-10H,2-8H2,1H3. The Morgan fingerprint density at radius 1 is 1.12 bits per heavy atom. The fraction of sp³-hybridized carbons (Fsp3) is 0.571. The fourth-order valence-corrected chi connectivity index (χ4v) is 5.35. The van der Waals surface area contributed by atoms with E-state index in [0.717, 1.165) is 0 Å². The van der Waals surface area contributed by atoms with Crippen LogP contribution in [0.1, 0.15) is 51.0 Å². The van der Waals surface area contributed by atoms with E-state index in [4.69, 9.17) is 0 Å². The van der Waals surface area contributed by atoms with E-state index in [1.54, 1.807) is 5.56 Å². The van der Waals surface area contributed by atoms with Crippen LogP contribution in [-0.4, -0.2) is 0 Å². The molecule has 0 fully saturated rings. The Labute approximate surface area is 120 Å². The van der Waals surface area contributed by atoms with Gasteiger partial charge in [-0.05, 0) is 45.8 Å². The summed E-state index contributed by atoms with van der Waals surface area (Å²) in [6.45, 7) is 2.27. The number of hydrogen-bond donors (Lipinski definition) is 0. The third-order valence-corrected chi connectivity index (χ3v) is 6.17. The van der Waals surface area contributed by atoms with Crippen molar-refractivity contribution in [2.24, 2.45) is 0 Å². The molecule has 0 radical (unpaired) electrons. The van der Waals surface area contributed by atoms with E-state index < -0.39 is 0 Å². The third kappa shape index (κ3) is 3.55. The molecule has 2 aromatic heterocycles. The summed E-state index contributed by atoms with van der Waals surface area (Å²) >= 11 is 7.48. The third-order valence-electron chi connectivity index (χ3n) is 3.12. The van der Waals surface area contributed by atoms with E-state index in [1.165, 1.54) is 58.1 Å². The molecule has 0 nitrogen and oxygen atoms in total. The lowest BCUT2D eigenvalue weighted by atomic mass is 10.1. The number of fused-ring (bicyclic) bond motifs is 1. The Bertz CT molecular complexity index is 456. The maximum atomic E-state index is 3.71. The van der Waals surface area contributed by atoms with Crippen LogP contribution in [0.25, 0.3) is 9.40 Å². The zero-order valence-electron chi connectivity index (χ0n) is 10.3. The van der Waals surface area contributed by atoms with Crippen LogP contribution >= 0.6 is 38.6 Å². The zero-order chi connectivity index (χ0) is 12.1. The van der Waals surface area contributed by atoms with Crippen LogP contribution < -0.4 is 0 Å². The number of thiophene rings is 2. The summed E-state index contributed by atoms with van der Waals surface area (Å²) in [5.74, 6) is 0. The van der Waals surface area contributed by atoms with Crippen molar-refractivity contribution in [2.75, 3.05) is 0 Å². The summed E-state index contributed by atoms with van der Waals surface area (Å²) in [5, 5.41) is 2.21. The van der Waals surface area contributed by atoms with Crippen molar-refractivity contribution >= 4 is 48.0 Å². The lowest BCUT2D eigenvalue weighted by Gasteiger charge is -2.01. The van der Waals surface area contributed by atoms with E-state index in [-0.39, 0.29) is 0 Å². The molecule has 0 unspecified atom stereocenters. The Hall–Kier alpha value is 0.140. The second-order valence-electron chi connectivity index (χ2n) is 4.49. The van der Waals surface area contributed by atoms with Crippen LogP contribution in [0.4, 0.5) is 0 Å². The average Bonchev–Trinajstić information content (AvgIpc) is 2.85. The summed E-state index contributed by atoms with van der Waals surface area (Å²) in [4.78, 5) is 0. The molecular weight excluding hydrogens is 312 g/mol. The lowest BCUT2D eigenvalue weighted by molar-refractivity contribution is 0.608. The molecule has 2 rings (SSSR count). The van der Waals surface area contributed by atoms with Crippen molar-refractivity contribution in [3.63, 3.8) is 0 Å². The van der Waals surface area contributed by atoms with Crippen molar-refractivity contribution < 1.29 is 0 Å². The van der Waals surface area contributed by atoms with E-state index in [0.29, 0.717) is 0 Å². The van der Waals surface area contributed by atoms with Gasteiger partial charge in [0.05, 0.1) is 3.79 Å². The molecule has 0 saturated heterocycles. The van der Waals surface area contributed by atoms with Gasteiger partial charge in [0.2, 0.25) is 0 Å². The topological polar surface area (TPSA) is 0 Å². The first-order valence-electron chi connectivity index (χ1n) is 6.47. The summed E-state index contributed by atoms with van der Waals surface area (Å²) in [5.41, 5.74) is 1.55. The van der Waals surface area contributed by atoms with Crippen LogP contribution in [0.3, 0.4) is 0 Å². The Morgan fingerprint density at radius 3 is 2.71 bits per heavy atom. The summed E-state index contributed by atoms with van der Waals surface area (Å²) in [6, 6.07) is 2.24. The van der Waals surface area contributed by atoms with E-state index in [1.807, 2.05) is 22.7 Å². The monoisotopic (exact) mass is 330 g/mol. The second kappa shape index (κ2) is 6.91. The highest BCUT2D eigenvalue weighted by molar-refractivity contribution is 9.11. The van der Waals surface area contributed by atoms with Crippen molar-refractivity contribution in [3.8, 4) is 0 Å². The first kappa shape index (κ1) is 13.6. The zero-order valence-corrected chi connectivity index (χ0v) is 13.5. The molecule has 0 aliphatic heterocycles. The molecule has 0 saturated carbocycles. The molecule has 0 aliphatic rings. The van der Waals surface area contributed by atoms with Gasteiger partial charge < -0.3 is 0 Å². The van der Waals surface area contributed by atoms with E-state index in [9.17, 15) is 0 Å². The molecule has 0 aromatic carbocycles. The normalized spacial score (nSPS) is 11.4. The molecule has 0 atom stereocenters. The lowest BCUT2D eigenvalue weighted by Crippen LogP contribution is -1.85. The van der Waals surface area contributed by atoms with Gasteiger partial charge in [-0.25, -0.2) is 0 Å². The molecule has 17 heavy (non-hydrogen) atoms. The number of hydrogen-bond acceptors (Lipinski definition) is 2. The molecule has 2 aromatic rings. The van der Waals surface area contributed by atoms with Gasteiger partial charge in [0.1, 0.15) is 0 Å². The minimum Gasteiger partial charge on any atom is -0.143 e. The SMILES string of the molecule is CCCCCCCCc1c(Br)sc2ccsc12. The Balaban J connectivity index is 1.82. The minimum absolute atomic E-state index is 1.24. The molecular formula is C14H19BrS2. The smallest absolute Gasteiger partial charge is 0.0751 e. The van der Waals surface area contributed by atoms with Crippen LogP contribution in [0.2, 0.25) is 0 Å². The molecule has 2 heterocycles. The molecule has 0 spiro atoms. The van der Waals surface area contributed by atoms with Crippen LogP contribution in [0, 0.1) is 0 Å². The molecule has 0 bridgehead atoms. The van der Waals surface area contributed by atoms with Crippen molar-refractivity contribution in [3.05, 3.63) is 20.8 Å². The first-order chi connectivity index (χ1) is 8.33. The predicted molar refractivity (Wildman–Crippen MR) is 84.5 cm³/mol. The van der Waals surface area contributed by atoms with Gasteiger partial charge >= 0.3 is 0 Å². The van der Waals surface area contributed by atoms with Gasteiger partial charge in [0.15, 0.2) is 0 Å². The number of unbranched alkanes of at least 4 members (excludes halogenated alkanes) is 5. The van der Waals surface area contributed by atoms with Crippen molar-refractivity contribution in [1.29, 1.82) is 0 Å². The fourth-order valence-electron chi connectivity index (χ4n) is 2.14. The first-order valence-corrected chi connectivity index (χ1v) is 8.96. The second-order valence-corrected chi connectivity index (χ2v) is 7.77. The van der Waals surface area contributed by atoms with Crippen LogP contribution in [-0.2, 0) is 6.42 Å². The largest absolute Gasteiger partial charge is 0.143 e. The summed E-state index contributed by atoms with van der Waals surface area (Å²) in [6.07, 6.45) is 9.52. The molecule has 94 valence electrons. The Morgan fingerprint density at radius 2 is 1.88 bits per heavy atom. The van der Waals surface area contributed by atoms with Gasteiger partial charge in [0, 0.05) is 9.40 Å². The number of aryl methyl sites for hydroxylation is 1. The highest BCUT2D eigenvalue weighted by Gasteiger charge is 2.10. The maximum Gasteiger partial charge on any atom is 0.0751 e. The molecule has 0 N–H and O–H groups in total. The maximum absolute atomic E-state index is 3.71. The van der Waals surface area contributed by atoms with E-state index in [2.05, 4.69) is 34.3 Å². The minimum atomic E-state index is 1.24. The molecule has 0 aliphatic carbocycles. The van der Waals surface area contributed by atoms with Gasteiger partial charge in [0.25, 0.3) is 0 Å². The van der Waals surface area contributed by atoms with Gasteiger partial charge in [-0.2, -0.15) is 0 Å². The van der Waals surface area contributed by atoms with E-state index >= 15 is 0 Å². The van der Waals surface area contributed by atoms with Gasteiger partial charge in [-0.15, -0.1) is 22.7 Å². The van der Waals surface area contributed by atoms with Gasteiger partial charge in [-0.1, -0.05) is 39.0 Å². The number of halogens is 1. The highest BCUT2D eigenvalue weighted by atomic mass is 79.9. The van der Waals surface area contributed by atoms with Crippen molar-refractivity contribution in [2.45, 2.75) is 51.9 Å². The predicted octanol–water partition coefficient (Wildman–Crippen LogP) is 6.63. The van der Waals surface area contributed by atoms with Crippen molar-refractivity contribution in [1.82, 2.24) is 0 Å². The Kier molecular flexibility index (Phi) is 5.51. The average molecular weight is 331 g/mol. The van der Waals surface area contributed by atoms with Crippen LogP contribution in [0.15, 0.2) is 15.2 Å². The molecule has 0 amide bonds. The molecule has 3 heteroatoms.